The smallest absolute Gasteiger partial charge is 0.251 e. The number of carbonyl (C=O) groups is 1. The number of rotatable bonds is 4. The molecule has 134 valence electrons. The van der Waals surface area contributed by atoms with Crippen LogP contribution in [0.5, 0.6) is 0 Å². The van der Waals surface area contributed by atoms with E-state index in [0.717, 1.165) is 32.5 Å². The second-order valence-corrected chi connectivity index (χ2v) is 7.19. The van der Waals surface area contributed by atoms with Crippen LogP contribution in [0.1, 0.15) is 21.5 Å². The van der Waals surface area contributed by atoms with Crippen LogP contribution in [0.25, 0.3) is 16.9 Å². The van der Waals surface area contributed by atoms with E-state index in [1.165, 1.54) is 0 Å². The zero-order valence-electron chi connectivity index (χ0n) is 14.7. The molecule has 0 aliphatic rings. The number of nitrogens with zero attached hydrogens (tertiary/aromatic N) is 3. The van der Waals surface area contributed by atoms with Crippen molar-refractivity contribution in [2.24, 2.45) is 0 Å². The van der Waals surface area contributed by atoms with E-state index >= 15 is 0 Å². The average Bonchev–Trinajstić information content (AvgIpc) is 3.11. The van der Waals surface area contributed by atoms with Gasteiger partial charge >= 0.3 is 0 Å². The zero-order valence-corrected chi connectivity index (χ0v) is 16.3. The van der Waals surface area contributed by atoms with Crippen molar-refractivity contribution in [2.45, 2.75) is 13.5 Å². The summed E-state index contributed by atoms with van der Waals surface area (Å²) in [5.74, 6) is 0.701. The van der Waals surface area contributed by atoms with Crippen molar-refractivity contribution in [1.29, 1.82) is 0 Å². The van der Waals surface area contributed by atoms with Crippen molar-refractivity contribution in [3.05, 3.63) is 88.3 Å². The standard InChI is InChI=1S/C21H17BrN4O/c1-14-10-16(22)7-8-17(14)21(27)24-12-15-6-9-20(23-11-15)26-13-25-18-4-2-3-5-19(18)26/h2-11,13H,12H2,1H3,(H,24,27). The normalized spacial score (nSPS) is 10.9. The summed E-state index contributed by atoms with van der Waals surface area (Å²) in [5, 5.41) is 2.95. The average molecular weight is 421 g/mol. The Hall–Kier alpha value is -2.99. The van der Waals surface area contributed by atoms with Crippen LogP contribution in [0.4, 0.5) is 0 Å². The summed E-state index contributed by atoms with van der Waals surface area (Å²) in [5.41, 5.74) is 4.48. The van der Waals surface area contributed by atoms with E-state index in [0.29, 0.717) is 12.1 Å². The Balaban J connectivity index is 1.47. The van der Waals surface area contributed by atoms with E-state index in [1.807, 2.05) is 66.1 Å². The predicted molar refractivity (Wildman–Crippen MR) is 109 cm³/mol. The number of nitrogens with one attached hydrogen (secondary N) is 1. The van der Waals surface area contributed by atoms with Gasteiger partial charge in [-0.05, 0) is 54.4 Å². The fourth-order valence-electron chi connectivity index (χ4n) is 2.96. The Morgan fingerprint density at radius 2 is 1.96 bits per heavy atom. The molecule has 0 aliphatic carbocycles. The number of pyridine rings is 1. The number of carbonyl (C=O) groups excluding carboxylic acids is 1. The summed E-state index contributed by atoms with van der Waals surface area (Å²) in [6.45, 7) is 2.34. The number of benzene rings is 2. The molecule has 5 nitrogen and oxygen atoms in total. The number of hydrogen-bond donors (Lipinski definition) is 1. The SMILES string of the molecule is Cc1cc(Br)ccc1C(=O)NCc1ccc(-n2cnc3ccccc32)nc1. The summed E-state index contributed by atoms with van der Waals surface area (Å²) in [6, 6.07) is 17.4. The van der Waals surface area contributed by atoms with E-state index in [2.05, 4.69) is 31.2 Å². The van der Waals surface area contributed by atoms with E-state index < -0.39 is 0 Å². The number of imidazole rings is 1. The molecule has 4 rings (SSSR count). The molecule has 1 N–H and O–H groups in total. The minimum absolute atomic E-state index is 0.0929. The first-order valence-corrected chi connectivity index (χ1v) is 9.33. The zero-order chi connectivity index (χ0) is 18.8. The molecule has 0 aliphatic heterocycles. The molecule has 2 aromatic heterocycles. The van der Waals surface area contributed by atoms with Crippen LogP contribution in [0.2, 0.25) is 0 Å². The molecule has 6 heteroatoms. The first kappa shape index (κ1) is 17.4. The highest BCUT2D eigenvalue weighted by molar-refractivity contribution is 9.10. The summed E-state index contributed by atoms with van der Waals surface area (Å²) in [7, 11) is 0. The lowest BCUT2D eigenvalue weighted by molar-refractivity contribution is 0.0950. The Morgan fingerprint density at radius 1 is 1.11 bits per heavy atom. The lowest BCUT2D eigenvalue weighted by Gasteiger charge is -2.09. The molecule has 0 unspecified atom stereocenters. The van der Waals surface area contributed by atoms with Crippen LogP contribution < -0.4 is 5.32 Å². The maximum Gasteiger partial charge on any atom is 0.251 e. The topological polar surface area (TPSA) is 59.8 Å². The van der Waals surface area contributed by atoms with Gasteiger partial charge < -0.3 is 5.32 Å². The van der Waals surface area contributed by atoms with Gasteiger partial charge in [-0.15, -0.1) is 0 Å². The molecule has 0 spiro atoms. The largest absolute Gasteiger partial charge is 0.348 e. The molecule has 1 amide bonds. The monoisotopic (exact) mass is 420 g/mol. The van der Waals surface area contributed by atoms with E-state index in [4.69, 9.17) is 0 Å². The highest BCUT2D eigenvalue weighted by Gasteiger charge is 2.09. The number of fused-ring (bicyclic) bond motifs is 1. The van der Waals surface area contributed by atoms with Crippen LogP contribution in [0.15, 0.2) is 71.6 Å². The summed E-state index contributed by atoms with van der Waals surface area (Å²) < 4.78 is 2.91. The van der Waals surface area contributed by atoms with E-state index in [-0.39, 0.29) is 5.91 Å². The molecule has 27 heavy (non-hydrogen) atoms. The number of aryl methyl sites for hydroxylation is 1. The Morgan fingerprint density at radius 3 is 2.74 bits per heavy atom. The number of hydrogen-bond acceptors (Lipinski definition) is 3. The lowest BCUT2D eigenvalue weighted by Crippen LogP contribution is -2.23. The molecule has 0 atom stereocenters. The van der Waals surface area contributed by atoms with Gasteiger partial charge in [0, 0.05) is 22.8 Å². The summed E-state index contributed by atoms with van der Waals surface area (Å²) in [6.07, 6.45) is 3.55. The Kier molecular flexibility index (Phi) is 4.73. The van der Waals surface area contributed by atoms with Crippen LogP contribution in [0, 0.1) is 6.92 Å². The lowest BCUT2D eigenvalue weighted by atomic mass is 10.1. The maximum absolute atomic E-state index is 12.4. The highest BCUT2D eigenvalue weighted by Crippen LogP contribution is 2.17. The molecular weight excluding hydrogens is 404 g/mol. The van der Waals surface area contributed by atoms with E-state index in [1.54, 1.807) is 12.5 Å². The molecule has 0 bridgehead atoms. The second-order valence-electron chi connectivity index (χ2n) is 6.27. The third-order valence-corrected chi connectivity index (χ3v) is 4.89. The van der Waals surface area contributed by atoms with Crippen molar-refractivity contribution < 1.29 is 4.79 Å². The molecule has 0 fully saturated rings. The Labute approximate surface area is 165 Å². The molecule has 4 aromatic rings. The quantitative estimate of drug-likeness (QED) is 0.531. The van der Waals surface area contributed by atoms with Crippen molar-refractivity contribution in [1.82, 2.24) is 19.9 Å². The molecule has 2 heterocycles. The summed E-state index contributed by atoms with van der Waals surface area (Å²) >= 11 is 3.41. The van der Waals surface area contributed by atoms with Gasteiger partial charge in [-0.3, -0.25) is 9.36 Å². The van der Waals surface area contributed by atoms with Crippen molar-refractivity contribution in [2.75, 3.05) is 0 Å². The minimum atomic E-state index is -0.0929. The first-order chi connectivity index (χ1) is 13.1. The number of para-hydroxylation sites is 2. The van der Waals surface area contributed by atoms with Gasteiger partial charge in [0.25, 0.3) is 5.91 Å². The molecule has 0 radical (unpaired) electrons. The van der Waals surface area contributed by atoms with Crippen LogP contribution >= 0.6 is 15.9 Å². The predicted octanol–water partition coefficient (Wildman–Crippen LogP) is 4.42. The van der Waals surface area contributed by atoms with Crippen molar-refractivity contribution in [3.8, 4) is 5.82 Å². The third-order valence-electron chi connectivity index (χ3n) is 4.40. The number of aromatic nitrogens is 3. The molecular formula is C21H17BrN4O. The van der Waals surface area contributed by atoms with Crippen molar-refractivity contribution >= 4 is 32.9 Å². The number of amides is 1. The van der Waals surface area contributed by atoms with Crippen LogP contribution in [-0.2, 0) is 6.54 Å². The van der Waals surface area contributed by atoms with Gasteiger partial charge in [-0.1, -0.05) is 34.1 Å². The fraction of sp³-hybridized carbons (Fsp3) is 0.0952. The van der Waals surface area contributed by atoms with Gasteiger partial charge in [0.15, 0.2) is 0 Å². The Bertz CT molecular complexity index is 1120. The van der Waals surface area contributed by atoms with Crippen molar-refractivity contribution in [3.63, 3.8) is 0 Å². The molecule has 0 saturated heterocycles. The van der Waals surface area contributed by atoms with Gasteiger partial charge in [0.2, 0.25) is 0 Å². The van der Waals surface area contributed by atoms with Gasteiger partial charge in [0.05, 0.1) is 11.0 Å². The highest BCUT2D eigenvalue weighted by atomic mass is 79.9. The van der Waals surface area contributed by atoms with E-state index in [9.17, 15) is 4.79 Å². The molecule has 2 aromatic carbocycles. The first-order valence-electron chi connectivity index (χ1n) is 8.53. The summed E-state index contributed by atoms with van der Waals surface area (Å²) in [4.78, 5) is 21.3. The molecule has 0 saturated carbocycles. The second kappa shape index (κ2) is 7.32. The minimum Gasteiger partial charge on any atom is -0.348 e. The van der Waals surface area contributed by atoms with Gasteiger partial charge in [-0.2, -0.15) is 0 Å². The van der Waals surface area contributed by atoms with Gasteiger partial charge in [0.1, 0.15) is 12.1 Å². The number of halogens is 1. The van der Waals surface area contributed by atoms with Crippen LogP contribution in [0.3, 0.4) is 0 Å². The van der Waals surface area contributed by atoms with Gasteiger partial charge in [-0.25, -0.2) is 9.97 Å². The maximum atomic E-state index is 12.4. The third kappa shape index (κ3) is 3.61. The van der Waals surface area contributed by atoms with Crippen LogP contribution in [-0.4, -0.2) is 20.4 Å². The fourth-order valence-corrected chi connectivity index (χ4v) is 3.44.